The van der Waals surface area contributed by atoms with Crippen molar-refractivity contribution in [2.45, 2.75) is 14.9 Å². The summed E-state index contributed by atoms with van der Waals surface area (Å²) < 4.78 is -0.840. The Bertz CT molecular complexity index is 695. The molecular weight excluding hydrogens is 375 g/mol. The number of nitrogens with one attached hydrogen (secondary N) is 2. The Balaban J connectivity index is 2.26. The number of carbonyl (C=O) groups is 1. The second-order valence-corrected chi connectivity index (χ2v) is 8.00. The number of thiazole rings is 1. The third-order valence-electron chi connectivity index (χ3n) is 2.35. The first-order chi connectivity index (χ1) is 9.94. The standard InChI is InChI=1S/C11H7Cl3N4OS2/c12-11(13,14)9(16-5-19)18-10-17-7-2-1-6(20-4-15)3-8(7)21-10/h1-3,5,9H,(H,16,19)(H,17,18)/t9-/m0/s1. The van der Waals surface area contributed by atoms with Crippen molar-refractivity contribution in [1.29, 1.82) is 5.26 Å². The molecule has 0 bridgehead atoms. The number of rotatable bonds is 5. The molecule has 0 saturated heterocycles. The van der Waals surface area contributed by atoms with Crippen LogP contribution in [0, 0.1) is 10.7 Å². The number of hydrogen-bond donors (Lipinski definition) is 2. The van der Waals surface area contributed by atoms with Gasteiger partial charge in [-0.25, -0.2) is 4.98 Å². The van der Waals surface area contributed by atoms with Gasteiger partial charge in [-0.15, -0.1) is 0 Å². The molecule has 1 aromatic carbocycles. The Morgan fingerprint density at radius 2 is 2.24 bits per heavy atom. The molecule has 0 fully saturated rings. The fraction of sp³-hybridized carbons (Fsp3) is 0.182. The molecule has 1 heterocycles. The molecule has 2 rings (SSSR count). The van der Waals surface area contributed by atoms with E-state index in [2.05, 4.69) is 15.6 Å². The highest BCUT2D eigenvalue weighted by molar-refractivity contribution is 8.03. The number of anilines is 1. The van der Waals surface area contributed by atoms with Crippen LogP contribution in [0.4, 0.5) is 5.13 Å². The van der Waals surface area contributed by atoms with E-state index in [4.69, 9.17) is 40.1 Å². The number of hydrogen-bond acceptors (Lipinski definition) is 6. The maximum absolute atomic E-state index is 10.6. The molecule has 1 aromatic heterocycles. The van der Waals surface area contributed by atoms with E-state index >= 15 is 0 Å². The number of alkyl halides is 3. The summed E-state index contributed by atoms with van der Waals surface area (Å²) in [4.78, 5) is 15.7. The number of benzene rings is 1. The van der Waals surface area contributed by atoms with Crippen molar-refractivity contribution >= 4 is 79.7 Å². The van der Waals surface area contributed by atoms with E-state index in [9.17, 15) is 4.79 Å². The lowest BCUT2D eigenvalue weighted by molar-refractivity contribution is -0.110. The van der Waals surface area contributed by atoms with Crippen LogP contribution < -0.4 is 10.6 Å². The van der Waals surface area contributed by atoms with Gasteiger partial charge in [-0.2, -0.15) is 5.26 Å². The Morgan fingerprint density at radius 3 is 2.86 bits per heavy atom. The van der Waals surface area contributed by atoms with Gasteiger partial charge in [-0.1, -0.05) is 46.1 Å². The molecule has 0 saturated carbocycles. The Kier molecular flexibility index (Phi) is 5.41. The van der Waals surface area contributed by atoms with Gasteiger partial charge in [-0.05, 0) is 30.0 Å². The molecular formula is C11H7Cl3N4OS2. The maximum atomic E-state index is 10.6. The summed E-state index contributed by atoms with van der Waals surface area (Å²) in [6, 6.07) is 5.45. The second-order valence-electron chi connectivity index (χ2n) is 3.75. The van der Waals surface area contributed by atoms with Crippen LogP contribution >= 0.6 is 57.9 Å². The highest BCUT2D eigenvalue weighted by atomic mass is 35.6. The lowest BCUT2D eigenvalue weighted by Crippen LogP contribution is -2.45. The zero-order chi connectivity index (χ0) is 15.5. The molecule has 1 atom stereocenters. The number of aromatic nitrogens is 1. The topological polar surface area (TPSA) is 77.8 Å². The van der Waals surface area contributed by atoms with Crippen molar-refractivity contribution in [2.75, 3.05) is 5.32 Å². The van der Waals surface area contributed by atoms with Gasteiger partial charge in [0.1, 0.15) is 11.6 Å². The van der Waals surface area contributed by atoms with E-state index in [1.807, 2.05) is 11.5 Å². The van der Waals surface area contributed by atoms with Crippen LogP contribution in [0.2, 0.25) is 0 Å². The molecule has 2 N–H and O–H groups in total. The summed E-state index contributed by atoms with van der Waals surface area (Å²) in [6.07, 6.45) is -0.470. The van der Waals surface area contributed by atoms with Gasteiger partial charge < -0.3 is 10.6 Å². The molecule has 0 aliphatic heterocycles. The average Bonchev–Trinajstić information content (AvgIpc) is 2.79. The van der Waals surface area contributed by atoms with E-state index < -0.39 is 9.96 Å². The minimum atomic E-state index is -1.72. The van der Waals surface area contributed by atoms with Crippen LogP contribution in [0.25, 0.3) is 10.2 Å². The number of nitriles is 1. The SMILES string of the molecule is N#CSc1ccc2nc(N[C@H](NC=O)C(Cl)(Cl)Cl)sc2c1. The van der Waals surface area contributed by atoms with Crippen LogP contribution in [-0.2, 0) is 4.79 Å². The highest BCUT2D eigenvalue weighted by Gasteiger charge is 2.33. The van der Waals surface area contributed by atoms with E-state index in [1.54, 1.807) is 12.1 Å². The molecule has 21 heavy (non-hydrogen) atoms. The van der Waals surface area contributed by atoms with Gasteiger partial charge in [0.15, 0.2) is 5.13 Å². The zero-order valence-corrected chi connectivity index (χ0v) is 14.0. The van der Waals surface area contributed by atoms with E-state index in [0.717, 1.165) is 26.9 Å². The first-order valence-electron chi connectivity index (χ1n) is 5.43. The van der Waals surface area contributed by atoms with Crippen molar-refractivity contribution in [3.63, 3.8) is 0 Å². The molecule has 0 aliphatic rings. The van der Waals surface area contributed by atoms with Gasteiger partial charge >= 0.3 is 0 Å². The summed E-state index contributed by atoms with van der Waals surface area (Å²) in [5.41, 5.74) is 0.749. The van der Waals surface area contributed by atoms with Gasteiger partial charge in [0.05, 0.1) is 10.2 Å². The lowest BCUT2D eigenvalue weighted by atomic mass is 10.3. The Labute approximate surface area is 143 Å². The van der Waals surface area contributed by atoms with E-state index in [1.165, 1.54) is 11.3 Å². The number of thioether (sulfide) groups is 1. The molecule has 1 amide bonds. The van der Waals surface area contributed by atoms with Crippen molar-refractivity contribution in [2.24, 2.45) is 0 Å². The first kappa shape index (κ1) is 16.5. The van der Waals surface area contributed by atoms with Crippen LogP contribution in [0.3, 0.4) is 0 Å². The normalized spacial score (nSPS) is 12.7. The molecule has 2 aromatic rings. The van der Waals surface area contributed by atoms with Crippen LogP contribution in [-0.4, -0.2) is 21.4 Å². The monoisotopic (exact) mass is 380 g/mol. The highest BCUT2D eigenvalue weighted by Crippen LogP contribution is 2.34. The number of halogens is 3. The fourth-order valence-electron chi connectivity index (χ4n) is 1.49. The largest absolute Gasteiger partial charge is 0.338 e. The molecule has 110 valence electrons. The van der Waals surface area contributed by atoms with Crippen LogP contribution in [0.1, 0.15) is 0 Å². The minimum Gasteiger partial charge on any atom is -0.338 e. The van der Waals surface area contributed by atoms with Crippen molar-refractivity contribution < 1.29 is 4.79 Å². The molecule has 0 radical (unpaired) electrons. The van der Waals surface area contributed by atoms with Gasteiger partial charge in [0.25, 0.3) is 0 Å². The summed E-state index contributed by atoms with van der Waals surface area (Å²) in [5, 5.41) is 16.4. The number of carbonyl (C=O) groups excluding carboxylic acids is 1. The molecule has 10 heteroatoms. The third kappa shape index (κ3) is 4.28. The lowest BCUT2D eigenvalue weighted by Gasteiger charge is -2.24. The van der Waals surface area contributed by atoms with E-state index in [-0.39, 0.29) is 0 Å². The number of thiocyanates is 1. The average molecular weight is 382 g/mol. The van der Waals surface area contributed by atoms with E-state index in [0.29, 0.717) is 11.5 Å². The quantitative estimate of drug-likeness (QED) is 0.271. The van der Waals surface area contributed by atoms with Crippen molar-refractivity contribution in [3.8, 4) is 5.40 Å². The van der Waals surface area contributed by atoms with Gasteiger partial charge in [0, 0.05) is 4.90 Å². The Morgan fingerprint density at radius 1 is 1.48 bits per heavy atom. The number of nitrogens with zero attached hydrogens (tertiary/aromatic N) is 2. The van der Waals surface area contributed by atoms with Crippen LogP contribution in [0.5, 0.6) is 0 Å². The summed E-state index contributed by atoms with van der Waals surface area (Å²) >= 11 is 19.7. The molecule has 0 unspecified atom stereocenters. The molecule has 5 nitrogen and oxygen atoms in total. The predicted octanol–water partition coefficient (Wildman–Crippen LogP) is 3.72. The summed E-state index contributed by atoms with van der Waals surface area (Å²) in [6.45, 7) is 0. The molecule has 0 aliphatic carbocycles. The number of fused-ring (bicyclic) bond motifs is 1. The van der Waals surface area contributed by atoms with Crippen LogP contribution in [0.15, 0.2) is 23.1 Å². The number of amides is 1. The molecule has 0 spiro atoms. The summed E-state index contributed by atoms with van der Waals surface area (Å²) in [7, 11) is 0. The summed E-state index contributed by atoms with van der Waals surface area (Å²) in [5.74, 6) is 0. The third-order valence-corrected chi connectivity index (χ3v) is 4.54. The van der Waals surface area contributed by atoms with Gasteiger partial charge in [-0.3, -0.25) is 4.79 Å². The first-order valence-corrected chi connectivity index (χ1v) is 8.20. The zero-order valence-electron chi connectivity index (χ0n) is 10.1. The second kappa shape index (κ2) is 6.90. The minimum absolute atomic E-state index is 0.439. The van der Waals surface area contributed by atoms with Gasteiger partial charge in [0.2, 0.25) is 10.2 Å². The van der Waals surface area contributed by atoms with Crippen molar-refractivity contribution in [1.82, 2.24) is 10.3 Å². The van der Waals surface area contributed by atoms with Crippen molar-refractivity contribution in [3.05, 3.63) is 18.2 Å². The maximum Gasteiger partial charge on any atom is 0.228 e. The fourth-order valence-corrected chi connectivity index (χ4v) is 3.27. The predicted molar refractivity (Wildman–Crippen MR) is 88.0 cm³/mol. The smallest absolute Gasteiger partial charge is 0.228 e. The Hall–Kier alpha value is -0.910.